The quantitative estimate of drug-likeness (QED) is 0.589. The molecule has 4 N–H and O–H groups in total. The fourth-order valence-electron chi connectivity index (χ4n) is 2.62. The van der Waals surface area contributed by atoms with Crippen LogP contribution in [0, 0.1) is 5.92 Å². The van der Waals surface area contributed by atoms with Gasteiger partial charge in [0.15, 0.2) is 0 Å². The topological polar surface area (TPSA) is 63.0 Å². The van der Waals surface area contributed by atoms with Crippen LogP contribution in [0.3, 0.4) is 0 Å². The molecule has 2 atom stereocenters. The predicted molar refractivity (Wildman–Crippen MR) is 72.1 cm³/mol. The molecular formula is C13H19F3N4. The number of nitrogens with one attached hydrogen (secondary N) is 2. The van der Waals surface area contributed by atoms with E-state index in [1.165, 1.54) is 6.42 Å². The second-order valence-corrected chi connectivity index (χ2v) is 5.38. The van der Waals surface area contributed by atoms with E-state index in [2.05, 4.69) is 22.7 Å². The van der Waals surface area contributed by atoms with Crippen LogP contribution >= 0.6 is 0 Å². The molecule has 112 valence electrons. The average molecular weight is 288 g/mol. The van der Waals surface area contributed by atoms with E-state index in [1.54, 1.807) is 0 Å². The van der Waals surface area contributed by atoms with E-state index < -0.39 is 11.7 Å². The number of anilines is 2. The molecule has 2 rings (SSSR count). The molecule has 1 aliphatic rings. The highest BCUT2D eigenvalue weighted by atomic mass is 19.4. The molecule has 0 aromatic carbocycles. The molecule has 1 saturated carbocycles. The Labute approximate surface area is 115 Å². The van der Waals surface area contributed by atoms with Gasteiger partial charge in [0.05, 0.1) is 5.56 Å². The molecule has 1 aromatic heterocycles. The zero-order valence-electron chi connectivity index (χ0n) is 11.3. The van der Waals surface area contributed by atoms with E-state index in [9.17, 15) is 13.2 Å². The molecule has 7 heteroatoms. The average Bonchev–Trinajstić information content (AvgIpc) is 2.37. The molecule has 0 radical (unpaired) electrons. The fraction of sp³-hybridized carbons (Fsp3) is 0.615. The minimum Gasteiger partial charge on any atom is -0.367 e. The summed E-state index contributed by atoms with van der Waals surface area (Å²) in [6, 6.07) is 2.09. The third-order valence-electron chi connectivity index (χ3n) is 3.59. The van der Waals surface area contributed by atoms with Gasteiger partial charge in [-0.1, -0.05) is 19.8 Å². The normalized spacial score (nSPS) is 23.4. The lowest BCUT2D eigenvalue weighted by atomic mass is 9.87. The van der Waals surface area contributed by atoms with Crippen LogP contribution in [-0.4, -0.2) is 11.0 Å². The first kappa shape index (κ1) is 14.9. The van der Waals surface area contributed by atoms with Crippen LogP contribution in [0.5, 0.6) is 0 Å². The van der Waals surface area contributed by atoms with Crippen molar-refractivity contribution in [2.45, 2.75) is 44.8 Å². The van der Waals surface area contributed by atoms with Gasteiger partial charge in [-0.2, -0.15) is 13.2 Å². The Kier molecular flexibility index (Phi) is 4.37. The van der Waals surface area contributed by atoms with Crippen LogP contribution in [-0.2, 0) is 6.18 Å². The minimum atomic E-state index is -4.41. The number of aromatic nitrogens is 1. The largest absolute Gasteiger partial charge is 0.416 e. The van der Waals surface area contributed by atoms with Crippen molar-refractivity contribution in [1.29, 1.82) is 0 Å². The standard InChI is InChI=1S/C13H19F3N4/c1-8-3-2-4-10(5-8)18-11-6-9(13(14,15)16)7-12(19-11)20-17/h6-8,10H,2-5,17H2,1H3,(H2,18,19,20). The summed E-state index contributed by atoms with van der Waals surface area (Å²) in [5.41, 5.74) is 1.42. The van der Waals surface area contributed by atoms with Gasteiger partial charge < -0.3 is 10.7 Å². The molecule has 1 heterocycles. The minimum absolute atomic E-state index is 0.00572. The van der Waals surface area contributed by atoms with E-state index in [4.69, 9.17) is 5.84 Å². The van der Waals surface area contributed by atoms with Crippen molar-refractivity contribution >= 4 is 11.6 Å². The first-order valence-electron chi connectivity index (χ1n) is 6.71. The van der Waals surface area contributed by atoms with Crippen molar-refractivity contribution in [2.75, 3.05) is 10.7 Å². The van der Waals surface area contributed by atoms with Gasteiger partial charge in [-0.15, -0.1) is 0 Å². The van der Waals surface area contributed by atoms with E-state index in [0.29, 0.717) is 5.92 Å². The van der Waals surface area contributed by atoms with E-state index in [1.807, 2.05) is 0 Å². The predicted octanol–water partition coefficient (Wildman–Crippen LogP) is 3.38. The molecule has 1 aromatic rings. The van der Waals surface area contributed by atoms with Gasteiger partial charge in [0.25, 0.3) is 0 Å². The summed E-state index contributed by atoms with van der Waals surface area (Å²) in [5.74, 6) is 5.98. The molecule has 1 fully saturated rings. The molecule has 0 bridgehead atoms. The Hall–Kier alpha value is -1.50. The van der Waals surface area contributed by atoms with Crippen LogP contribution < -0.4 is 16.6 Å². The second-order valence-electron chi connectivity index (χ2n) is 5.38. The number of nitrogen functional groups attached to an aromatic ring is 1. The number of nitrogens with zero attached hydrogens (tertiary/aromatic N) is 1. The molecule has 4 nitrogen and oxygen atoms in total. The van der Waals surface area contributed by atoms with Crippen molar-refractivity contribution in [3.8, 4) is 0 Å². The van der Waals surface area contributed by atoms with Crippen molar-refractivity contribution < 1.29 is 13.2 Å². The zero-order chi connectivity index (χ0) is 14.8. The number of hydrazine groups is 1. The summed E-state index contributed by atoms with van der Waals surface area (Å²) in [6.07, 6.45) is -0.259. The lowest BCUT2D eigenvalue weighted by molar-refractivity contribution is -0.137. The first-order valence-corrected chi connectivity index (χ1v) is 6.71. The Bertz CT molecular complexity index is 461. The lowest BCUT2D eigenvalue weighted by Gasteiger charge is -2.28. The monoisotopic (exact) mass is 288 g/mol. The summed E-state index contributed by atoms with van der Waals surface area (Å²) < 4.78 is 38.4. The maximum atomic E-state index is 12.8. The highest BCUT2D eigenvalue weighted by Gasteiger charge is 2.32. The number of nitrogens with two attached hydrogens (primary N) is 1. The number of hydrogen-bond acceptors (Lipinski definition) is 4. The molecule has 0 spiro atoms. The lowest BCUT2D eigenvalue weighted by Crippen LogP contribution is -2.27. The van der Waals surface area contributed by atoms with E-state index in [-0.39, 0.29) is 17.7 Å². The first-order chi connectivity index (χ1) is 9.38. The number of hydrogen-bond donors (Lipinski definition) is 3. The molecule has 2 unspecified atom stereocenters. The van der Waals surface area contributed by atoms with Crippen molar-refractivity contribution in [1.82, 2.24) is 4.98 Å². The Morgan fingerprint density at radius 2 is 1.95 bits per heavy atom. The van der Waals surface area contributed by atoms with E-state index in [0.717, 1.165) is 31.4 Å². The van der Waals surface area contributed by atoms with E-state index >= 15 is 0 Å². The Morgan fingerprint density at radius 3 is 2.55 bits per heavy atom. The van der Waals surface area contributed by atoms with Crippen molar-refractivity contribution in [3.05, 3.63) is 17.7 Å². The van der Waals surface area contributed by atoms with Gasteiger partial charge in [-0.3, -0.25) is 0 Å². The summed E-state index contributed by atoms with van der Waals surface area (Å²) in [6.45, 7) is 2.15. The van der Waals surface area contributed by atoms with Gasteiger partial charge in [-0.25, -0.2) is 10.8 Å². The van der Waals surface area contributed by atoms with Gasteiger partial charge in [0.1, 0.15) is 11.6 Å². The maximum absolute atomic E-state index is 12.8. The van der Waals surface area contributed by atoms with Gasteiger partial charge >= 0.3 is 6.18 Å². The molecule has 0 aliphatic heterocycles. The highest BCUT2D eigenvalue weighted by Crippen LogP contribution is 2.33. The maximum Gasteiger partial charge on any atom is 0.416 e. The molecule has 1 aliphatic carbocycles. The molecule has 0 saturated heterocycles. The van der Waals surface area contributed by atoms with Crippen LogP contribution in [0.25, 0.3) is 0 Å². The second kappa shape index (κ2) is 5.87. The van der Waals surface area contributed by atoms with Crippen LogP contribution in [0.4, 0.5) is 24.8 Å². The third-order valence-corrected chi connectivity index (χ3v) is 3.59. The van der Waals surface area contributed by atoms with Gasteiger partial charge in [0.2, 0.25) is 0 Å². The van der Waals surface area contributed by atoms with Crippen molar-refractivity contribution in [2.24, 2.45) is 11.8 Å². The van der Waals surface area contributed by atoms with Crippen LogP contribution in [0.1, 0.15) is 38.2 Å². The molecule has 0 amide bonds. The van der Waals surface area contributed by atoms with Crippen molar-refractivity contribution in [3.63, 3.8) is 0 Å². The molecular weight excluding hydrogens is 269 g/mol. The Morgan fingerprint density at radius 1 is 1.25 bits per heavy atom. The zero-order valence-corrected chi connectivity index (χ0v) is 11.3. The van der Waals surface area contributed by atoms with Gasteiger partial charge in [-0.05, 0) is 30.9 Å². The number of rotatable bonds is 3. The summed E-state index contributed by atoms with van der Waals surface area (Å²) >= 11 is 0. The van der Waals surface area contributed by atoms with Crippen LogP contribution in [0.15, 0.2) is 12.1 Å². The fourth-order valence-corrected chi connectivity index (χ4v) is 2.62. The number of pyridine rings is 1. The third kappa shape index (κ3) is 3.75. The highest BCUT2D eigenvalue weighted by molar-refractivity contribution is 5.49. The summed E-state index contributed by atoms with van der Waals surface area (Å²) in [4.78, 5) is 4.04. The summed E-state index contributed by atoms with van der Waals surface area (Å²) in [7, 11) is 0. The summed E-state index contributed by atoms with van der Waals surface area (Å²) in [5, 5.41) is 3.09. The van der Waals surface area contributed by atoms with Crippen LogP contribution in [0.2, 0.25) is 0 Å². The number of halogens is 3. The number of alkyl halides is 3. The smallest absolute Gasteiger partial charge is 0.367 e. The Balaban J connectivity index is 2.18. The van der Waals surface area contributed by atoms with Gasteiger partial charge in [0, 0.05) is 6.04 Å². The SMILES string of the molecule is CC1CCCC(Nc2cc(C(F)(F)F)cc(NN)n2)C1. The molecule has 20 heavy (non-hydrogen) atoms.